The Morgan fingerprint density at radius 1 is 1.28 bits per heavy atom. The topological polar surface area (TPSA) is 119 Å². The lowest BCUT2D eigenvalue weighted by Gasteiger charge is -2.15. The van der Waals surface area contributed by atoms with Crippen LogP contribution >= 0.6 is 0 Å². The van der Waals surface area contributed by atoms with Gasteiger partial charge in [-0.1, -0.05) is 13.0 Å². The Kier molecular flexibility index (Phi) is 5.76. The first-order valence-corrected chi connectivity index (χ1v) is 10.8. The maximum absolute atomic E-state index is 12.8. The van der Waals surface area contributed by atoms with Gasteiger partial charge in [0.25, 0.3) is 0 Å². The number of hydrogen-bond donors (Lipinski definition) is 2. The normalized spacial score (nSPS) is 14.5. The molecule has 1 amide bonds. The van der Waals surface area contributed by atoms with E-state index in [2.05, 4.69) is 15.1 Å². The van der Waals surface area contributed by atoms with E-state index < -0.39 is 10.0 Å². The number of aromatic nitrogens is 2. The molecule has 0 bridgehead atoms. The highest BCUT2D eigenvalue weighted by Crippen LogP contribution is 2.37. The molecule has 0 saturated carbocycles. The average molecular weight is 420 g/mol. The predicted octanol–water partition coefficient (Wildman–Crippen LogP) is 2.18. The lowest BCUT2D eigenvalue weighted by atomic mass is 10.0. The summed E-state index contributed by atoms with van der Waals surface area (Å²) in [5.74, 6) is -0.121. The molecule has 0 aliphatic carbocycles. The van der Waals surface area contributed by atoms with Gasteiger partial charge in [-0.2, -0.15) is 9.78 Å². The van der Waals surface area contributed by atoms with Crippen molar-refractivity contribution < 1.29 is 22.7 Å². The van der Waals surface area contributed by atoms with E-state index in [0.717, 1.165) is 0 Å². The Balaban J connectivity index is 2.23. The SMILES string of the molecule is CCc1nn2c(c1-c1ccc(OC)c(S(=O)(=O)NC(C)C)c1)NC(=O)CCC2=O. The molecule has 2 N–H and O–H groups in total. The van der Waals surface area contributed by atoms with E-state index in [1.807, 2.05) is 6.92 Å². The Morgan fingerprint density at radius 3 is 2.62 bits per heavy atom. The summed E-state index contributed by atoms with van der Waals surface area (Å²) in [6.07, 6.45) is 0.629. The molecular weight excluding hydrogens is 396 g/mol. The number of carbonyl (C=O) groups is 2. The van der Waals surface area contributed by atoms with Crippen LogP contribution in [-0.4, -0.2) is 43.2 Å². The van der Waals surface area contributed by atoms with Crippen molar-refractivity contribution in [2.24, 2.45) is 0 Å². The van der Waals surface area contributed by atoms with Gasteiger partial charge in [0.1, 0.15) is 16.5 Å². The minimum atomic E-state index is -3.84. The minimum absolute atomic E-state index is 0.0283. The number of carbonyl (C=O) groups excluding carboxylic acids is 2. The van der Waals surface area contributed by atoms with Crippen LogP contribution < -0.4 is 14.8 Å². The third-order valence-electron chi connectivity index (χ3n) is 4.49. The number of nitrogens with one attached hydrogen (secondary N) is 2. The highest BCUT2D eigenvalue weighted by atomic mass is 32.2. The Hall–Kier alpha value is -2.72. The summed E-state index contributed by atoms with van der Waals surface area (Å²) >= 11 is 0. The number of ether oxygens (including phenoxy) is 1. The molecule has 0 atom stereocenters. The standard InChI is InChI=1S/C19H24N4O5S/c1-5-13-18(19-20-16(24)8-9-17(25)23(19)21-13)12-6-7-14(28-4)15(10-12)29(26,27)22-11(2)3/h6-7,10-11,22H,5,8-9H2,1-4H3,(H,20,24). The monoisotopic (exact) mass is 420 g/mol. The zero-order chi connectivity index (χ0) is 21.3. The van der Waals surface area contributed by atoms with Gasteiger partial charge in [0.05, 0.1) is 12.8 Å². The van der Waals surface area contributed by atoms with E-state index in [1.54, 1.807) is 26.0 Å². The molecule has 2 heterocycles. The summed E-state index contributed by atoms with van der Waals surface area (Å²) in [6, 6.07) is 4.41. The van der Waals surface area contributed by atoms with Crippen molar-refractivity contribution in [2.45, 2.75) is 51.0 Å². The van der Waals surface area contributed by atoms with E-state index in [9.17, 15) is 18.0 Å². The van der Waals surface area contributed by atoms with Crippen LogP contribution in [0.2, 0.25) is 0 Å². The van der Waals surface area contributed by atoms with Crippen molar-refractivity contribution in [1.82, 2.24) is 14.5 Å². The fraction of sp³-hybridized carbons (Fsp3) is 0.421. The predicted molar refractivity (Wildman–Crippen MR) is 108 cm³/mol. The van der Waals surface area contributed by atoms with Gasteiger partial charge in [0, 0.05) is 24.4 Å². The molecule has 1 aliphatic rings. The molecule has 10 heteroatoms. The van der Waals surface area contributed by atoms with Crippen LogP contribution in [0.4, 0.5) is 5.82 Å². The molecule has 2 aromatic rings. The molecule has 1 aromatic heterocycles. The summed E-state index contributed by atoms with van der Waals surface area (Å²) in [5.41, 5.74) is 1.63. The van der Waals surface area contributed by atoms with Crippen LogP contribution in [-0.2, 0) is 21.2 Å². The van der Waals surface area contributed by atoms with E-state index in [1.165, 1.54) is 17.9 Å². The minimum Gasteiger partial charge on any atom is -0.495 e. The van der Waals surface area contributed by atoms with Gasteiger partial charge < -0.3 is 10.1 Å². The first-order valence-electron chi connectivity index (χ1n) is 9.33. The number of aryl methyl sites for hydroxylation is 1. The fourth-order valence-corrected chi connectivity index (χ4v) is 4.69. The third kappa shape index (κ3) is 4.03. The van der Waals surface area contributed by atoms with Crippen molar-refractivity contribution in [3.8, 4) is 16.9 Å². The lowest BCUT2D eigenvalue weighted by Crippen LogP contribution is -2.30. The third-order valence-corrected chi connectivity index (χ3v) is 6.17. The number of anilines is 1. The molecule has 156 valence electrons. The van der Waals surface area contributed by atoms with Gasteiger partial charge in [0.2, 0.25) is 21.8 Å². The van der Waals surface area contributed by atoms with Crippen LogP contribution in [0.1, 0.15) is 44.1 Å². The molecule has 0 fully saturated rings. The summed E-state index contributed by atoms with van der Waals surface area (Å²) < 4.78 is 34.6. The first-order chi connectivity index (χ1) is 13.7. The number of amides is 1. The van der Waals surface area contributed by atoms with Crippen LogP contribution in [0.3, 0.4) is 0 Å². The van der Waals surface area contributed by atoms with E-state index in [4.69, 9.17) is 4.74 Å². The van der Waals surface area contributed by atoms with Gasteiger partial charge in [-0.25, -0.2) is 13.1 Å². The van der Waals surface area contributed by atoms with Gasteiger partial charge in [-0.15, -0.1) is 0 Å². The summed E-state index contributed by atoms with van der Waals surface area (Å²) in [4.78, 5) is 24.5. The molecule has 1 aliphatic heterocycles. The molecule has 1 aromatic carbocycles. The van der Waals surface area contributed by atoms with E-state index in [-0.39, 0.29) is 47.2 Å². The number of rotatable bonds is 6. The second-order valence-corrected chi connectivity index (χ2v) is 8.70. The maximum atomic E-state index is 12.8. The molecule has 0 unspecified atom stereocenters. The Morgan fingerprint density at radius 2 is 2.00 bits per heavy atom. The number of nitrogens with zero attached hydrogens (tertiary/aromatic N) is 2. The number of fused-ring (bicyclic) bond motifs is 1. The molecule has 3 rings (SSSR count). The molecule has 0 radical (unpaired) electrons. The van der Waals surface area contributed by atoms with Crippen molar-refractivity contribution in [3.05, 3.63) is 23.9 Å². The lowest BCUT2D eigenvalue weighted by molar-refractivity contribution is -0.116. The summed E-state index contributed by atoms with van der Waals surface area (Å²) in [6.45, 7) is 5.32. The van der Waals surface area contributed by atoms with Crippen LogP contribution in [0.15, 0.2) is 23.1 Å². The number of sulfonamides is 1. The molecular formula is C19H24N4O5S. The zero-order valence-electron chi connectivity index (χ0n) is 16.8. The van der Waals surface area contributed by atoms with Gasteiger partial charge in [-0.05, 0) is 38.0 Å². The smallest absolute Gasteiger partial charge is 0.249 e. The fourth-order valence-electron chi connectivity index (χ4n) is 3.25. The highest BCUT2D eigenvalue weighted by Gasteiger charge is 2.28. The molecule has 9 nitrogen and oxygen atoms in total. The van der Waals surface area contributed by atoms with Gasteiger partial charge in [0.15, 0.2) is 0 Å². The van der Waals surface area contributed by atoms with Crippen LogP contribution in [0.25, 0.3) is 11.1 Å². The van der Waals surface area contributed by atoms with Crippen molar-refractivity contribution in [2.75, 3.05) is 12.4 Å². The van der Waals surface area contributed by atoms with Gasteiger partial charge in [-0.3, -0.25) is 9.59 Å². The van der Waals surface area contributed by atoms with Gasteiger partial charge >= 0.3 is 0 Å². The second kappa shape index (κ2) is 7.96. The number of benzene rings is 1. The quantitative estimate of drug-likeness (QED) is 0.739. The number of methoxy groups -OCH3 is 1. The van der Waals surface area contributed by atoms with E-state index in [0.29, 0.717) is 23.2 Å². The van der Waals surface area contributed by atoms with Crippen molar-refractivity contribution in [3.63, 3.8) is 0 Å². The van der Waals surface area contributed by atoms with Crippen LogP contribution in [0, 0.1) is 0 Å². The van der Waals surface area contributed by atoms with Crippen molar-refractivity contribution >= 4 is 27.7 Å². The molecule has 0 saturated heterocycles. The van der Waals surface area contributed by atoms with E-state index >= 15 is 0 Å². The van der Waals surface area contributed by atoms with Crippen molar-refractivity contribution in [1.29, 1.82) is 0 Å². The summed E-state index contributed by atoms with van der Waals surface area (Å²) in [5, 5.41) is 7.10. The average Bonchev–Trinajstić information content (AvgIpc) is 2.96. The Labute approximate surface area is 169 Å². The molecule has 0 spiro atoms. The number of hydrogen-bond acceptors (Lipinski definition) is 6. The summed E-state index contributed by atoms with van der Waals surface area (Å²) in [7, 11) is -2.45. The second-order valence-electron chi connectivity index (χ2n) is 7.02. The largest absolute Gasteiger partial charge is 0.495 e. The highest BCUT2D eigenvalue weighted by molar-refractivity contribution is 7.89. The zero-order valence-corrected chi connectivity index (χ0v) is 17.6. The van der Waals surface area contributed by atoms with Crippen LogP contribution in [0.5, 0.6) is 5.75 Å². The molecule has 29 heavy (non-hydrogen) atoms. The first kappa shape index (κ1) is 21.0. The maximum Gasteiger partial charge on any atom is 0.249 e. The Bertz CT molecular complexity index is 1070.